The highest BCUT2D eigenvalue weighted by atomic mass is 79.9. The molecule has 9 heteroatoms. The summed E-state index contributed by atoms with van der Waals surface area (Å²) in [4.78, 5) is 11.8. The molecule has 0 spiro atoms. The van der Waals surface area contributed by atoms with E-state index in [1.54, 1.807) is 37.4 Å². The van der Waals surface area contributed by atoms with E-state index in [2.05, 4.69) is 26.5 Å². The van der Waals surface area contributed by atoms with Gasteiger partial charge in [0.25, 0.3) is 5.91 Å². The van der Waals surface area contributed by atoms with Gasteiger partial charge in [-0.05, 0) is 40.2 Å². The molecular weight excluding hydrogens is 428 g/mol. The maximum Gasteiger partial charge on any atom is 0.277 e. The Hall–Kier alpha value is -2.45. The summed E-state index contributed by atoms with van der Waals surface area (Å²) >= 11 is 9.48. The lowest BCUT2D eigenvalue weighted by Crippen LogP contribution is -2.24. The van der Waals surface area contributed by atoms with E-state index in [-0.39, 0.29) is 13.4 Å². The predicted octanol–water partition coefficient (Wildman–Crippen LogP) is 3.37. The van der Waals surface area contributed by atoms with Crippen LogP contribution in [0, 0.1) is 0 Å². The minimum absolute atomic E-state index is 0.154. The lowest BCUT2D eigenvalue weighted by molar-refractivity contribution is -0.123. The largest absolute Gasteiger partial charge is 0.497 e. The van der Waals surface area contributed by atoms with Crippen LogP contribution in [0.4, 0.5) is 0 Å². The van der Waals surface area contributed by atoms with Crippen molar-refractivity contribution in [3.63, 3.8) is 0 Å². The summed E-state index contributed by atoms with van der Waals surface area (Å²) in [5.41, 5.74) is 2.97. The number of nitrogens with zero attached hydrogens (tertiary/aromatic N) is 1. The number of carbonyl (C=O) groups is 1. The van der Waals surface area contributed by atoms with Crippen LogP contribution in [0.25, 0.3) is 0 Å². The summed E-state index contributed by atoms with van der Waals surface area (Å²) in [6, 6.07) is 8.50. The molecule has 1 aliphatic heterocycles. The number of methoxy groups -OCH3 is 1. The van der Waals surface area contributed by atoms with E-state index >= 15 is 0 Å². The minimum Gasteiger partial charge on any atom is -0.497 e. The summed E-state index contributed by atoms with van der Waals surface area (Å²) in [6.07, 6.45) is 1.42. The van der Waals surface area contributed by atoms with Crippen LogP contribution in [0.1, 0.15) is 5.56 Å². The van der Waals surface area contributed by atoms with Crippen LogP contribution in [0.15, 0.2) is 39.9 Å². The Balaban J connectivity index is 1.54. The second-order valence-electron chi connectivity index (χ2n) is 5.11. The van der Waals surface area contributed by atoms with Crippen LogP contribution in [0.5, 0.6) is 23.0 Å². The van der Waals surface area contributed by atoms with Gasteiger partial charge in [0.2, 0.25) is 6.79 Å². The molecule has 26 heavy (non-hydrogen) atoms. The van der Waals surface area contributed by atoms with E-state index in [4.69, 9.17) is 30.5 Å². The van der Waals surface area contributed by atoms with Gasteiger partial charge in [-0.25, -0.2) is 5.43 Å². The van der Waals surface area contributed by atoms with Crippen molar-refractivity contribution >= 4 is 39.7 Å². The van der Waals surface area contributed by atoms with Gasteiger partial charge >= 0.3 is 0 Å². The molecule has 0 unspecified atom stereocenters. The van der Waals surface area contributed by atoms with E-state index in [9.17, 15) is 4.79 Å². The number of hydrazone groups is 1. The van der Waals surface area contributed by atoms with E-state index in [0.717, 1.165) is 0 Å². The van der Waals surface area contributed by atoms with Crippen molar-refractivity contribution in [1.29, 1.82) is 0 Å². The average molecular weight is 442 g/mol. The first-order valence-corrected chi connectivity index (χ1v) is 8.61. The highest BCUT2D eigenvalue weighted by molar-refractivity contribution is 9.10. The third-order valence-electron chi connectivity index (χ3n) is 3.38. The average Bonchev–Trinajstić information content (AvgIpc) is 3.07. The number of halogens is 2. The normalized spacial score (nSPS) is 12.3. The molecule has 0 saturated heterocycles. The molecule has 0 atom stereocenters. The Kier molecular flexibility index (Phi) is 5.85. The number of ether oxygens (including phenoxy) is 4. The van der Waals surface area contributed by atoms with Gasteiger partial charge in [0.15, 0.2) is 18.1 Å². The maximum absolute atomic E-state index is 11.8. The molecule has 3 rings (SSSR count). The van der Waals surface area contributed by atoms with Crippen LogP contribution in [0.3, 0.4) is 0 Å². The van der Waals surface area contributed by atoms with E-state index in [1.165, 1.54) is 6.21 Å². The van der Waals surface area contributed by atoms with Crippen molar-refractivity contribution in [2.24, 2.45) is 5.10 Å². The fourth-order valence-corrected chi connectivity index (χ4v) is 2.78. The molecule has 7 nitrogen and oxygen atoms in total. The van der Waals surface area contributed by atoms with Crippen molar-refractivity contribution in [1.82, 2.24) is 5.43 Å². The molecule has 1 N–H and O–H groups in total. The van der Waals surface area contributed by atoms with Gasteiger partial charge in [-0.3, -0.25) is 4.79 Å². The standard InChI is InChI=1S/C17H14BrClN2O5/c1-23-11-2-3-14(12(18)5-11)24-8-17(22)21-20-7-10-4-15-16(6-13(10)19)26-9-25-15/h2-7H,8-9H2,1H3,(H,21,22)/b20-7+. The highest BCUT2D eigenvalue weighted by Gasteiger charge is 2.15. The van der Waals surface area contributed by atoms with Crippen molar-refractivity contribution in [2.75, 3.05) is 20.5 Å². The van der Waals surface area contributed by atoms with E-state index < -0.39 is 5.91 Å². The second kappa shape index (κ2) is 8.29. The van der Waals surface area contributed by atoms with Crippen molar-refractivity contribution < 1.29 is 23.7 Å². The zero-order valence-corrected chi connectivity index (χ0v) is 16.0. The van der Waals surface area contributed by atoms with Gasteiger partial charge in [0, 0.05) is 11.6 Å². The number of hydrogen-bond acceptors (Lipinski definition) is 6. The lowest BCUT2D eigenvalue weighted by atomic mass is 10.2. The first-order chi connectivity index (χ1) is 12.6. The molecule has 0 radical (unpaired) electrons. The Morgan fingerprint density at radius 3 is 2.85 bits per heavy atom. The van der Waals surface area contributed by atoms with Gasteiger partial charge in [0.1, 0.15) is 11.5 Å². The number of benzene rings is 2. The Morgan fingerprint density at radius 2 is 2.12 bits per heavy atom. The Labute approximate surface area is 163 Å². The fourth-order valence-electron chi connectivity index (χ4n) is 2.11. The fraction of sp³-hybridized carbons (Fsp3) is 0.176. The third kappa shape index (κ3) is 4.39. The van der Waals surface area contributed by atoms with Crippen LogP contribution in [-0.2, 0) is 4.79 Å². The summed E-state index contributed by atoms with van der Waals surface area (Å²) < 4.78 is 21.7. The monoisotopic (exact) mass is 440 g/mol. The number of carbonyl (C=O) groups excluding carboxylic acids is 1. The van der Waals surface area contributed by atoms with Gasteiger partial charge < -0.3 is 18.9 Å². The molecule has 2 aromatic rings. The van der Waals surface area contributed by atoms with Gasteiger partial charge in [-0.15, -0.1) is 0 Å². The summed E-state index contributed by atoms with van der Waals surface area (Å²) in [7, 11) is 1.57. The molecule has 0 fully saturated rings. The molecule has 0 aliphatic carbocycles. The summed E-state index contributed by atoms with van der Waals surface area (Å²) in [5.74, 6) is 1.94. The van der Waals surface area contributed by atoms with E-state index in [0.29, 0.717) is 38.1 Å². The molecule has 136 valence electrons. The Morgan fingerprint density at radius 1 is 1.35 bits per heavy atom. The third-order valence-corrected chi connectivity index (χ3v) is 4.33. The molecule has 1 aliphatic rings. The highest BCUT2D eigenvalue weighted by Crippen LogP contribution is 2.36. The number of rotatable bonds is 6. The number of hydrogen-bond donors (Lipinski definition) is 1. The van der Waals surface area contributed by atoms with Gasteiger partial charge in [-0.2, -0.15) is 5.10 Å². The van der Waals surface area contributed by atoms with Crippen molar-refractivity contribution in [3.05, 3.63) is 45.4 Å². The maximum atomic E-state index is 11.8. The minimum atomic E-state index is -0.416. The molecule has 0 aromatic heterocycles. The first kappa shape index (κ1) is 18.3. The van der Waals surface area contributed by atoms with Crippen LogP contribution in [-0.4, -0.2) is 32.6 Å². The summed E-state index contributed by atoms with van der Waals surface area (Å²) in [6.45, 7) is -0.0433. The van der Waals surface area contributed by atoms with Crippen LogP contribution < -0.4 is 24.4 Å². The Bertz CT molecular complexity index is 859. The zero-order valence-electron chi connectivity index (χ0n) is 13.6. The van der Waals surface area contributed by atoms with Crippen molar-refractivity contribution in [2.45, 2.75) is 0 Å². The SMILES string of the molecule is COc1ccc(OCC(=O)N/N=C/c2cc3c(cc2Cl)OCO3)c(Br)c1. The summed E-state index contributed by atoms with van der Waals surface area (Å²) in [5, 5.41) is 4.31. The topological polar surface area (TPSA) is 78.4 Å². The molecule has 1 heterocycles. The number of nitrogens with one attached hydrogen (secondary N) is 1. The lowest BCUT2D eigenvalue weighted by Gasteiger charge is -2.08. The molecule has 2 aromatic carbocycles. The van der Waals surface area contributed by atoms with E-state index in [1.807, 2.05) is 0 Å². The number of fused-ring (bicyclic) bond motifs is 1. The zero-order chi connectivity index (χ0) is 18.5. The molecular formula is C17H14BrClN2O5. The predicted molar refractivity (Wildman–Crippen MR) is 99.5 cm³/mol. The van der Waals surface area contributed by atoms with Crippen LogP contribution in [0.2, 0.25) is 5.02 Å². The second-order valence-corrected chi connectivity index (χ2v) is 6.37. The molecule has 1 amide bonds. The smallest absolute Gasteiger partial charge is 0.277 e. The quantitative estimate of drug-likeness (QED) is 0.549. The van der Waals surface area contributed by atoms with Gasteiger partial charge in [-0.1, -0.05) is 11.6 Å². The first-order valence-electron chi connectivity index (χ1n) is 7.44. The molecule has 0 saturated carbocycles. The molecule has 0 bridgehead atoms. The van der Waals surface area contributed by atoms with Crippen molar-refractivity contribution in [3.8, 4) is 23.0 Å². The van der Waals surface area contributed by atoms with Gasteiger partial charge in [0.05, 0.1) is 22.8 Å². The van der Waals surface area contributed by atoms with Crippen LogP contribution >= 0.6 is 27.5 Å². The number of amides is 1.